The van der Waals surface area contributed by atoms with Gasteiger partial charge in [-0.2, -0.15) is 0 Å². The van der Waals surface area contributed by atoms with E-state index in [1.54, 1.807) is 48.7 Å². The van der Waals surface area contributed by atoms with Crippen molar-refractivity contribution in [2.45, 2.75) is 34.5 Å². The number of carbonyl (C=O) groups is 1. The van der Waals surface area contributed by atoms with Crippen LogP contribution in [0, 0.1) is 12.7 Å². The maximum atomic E-state index is 14.0. The Labute approximate surface area is 212 Å². The molecule has 0 atom stereocenters. The molecule has 1 aromatic heterocycles. The van der Waals surface area contributed by atoms with Crippen LogP contribution in [-0.2, 0) is 5.75 Å². The van der Waals surface area contributed by atoms with Crippen LogP contribution in [0.15, 0.2) is 93.9 Å². The molecule has 5 nitrogen and oxygen atoms in total. The fourth-order valence-electron chi connectivity index (χ4n) is 3.14. The molecule has 0 aliphatic heterocycles. The van der Waals surface area contributed by atoms with Crippen molar-refractivity contribution in [1.82, 2.24) is 9.97 Å². The van der Waals surface area contributed by atoms with E-state index in [4.69, 9.17) is 4.74 Å². The van der Waals surface area contributed by atoms with Crippen LogP contribution in [0.2, 0.25) is 0 Å². The van der Waals surface area contributed by atoms with E-state index in [9.17, 15) is 9.18 Å². The van der Waals surface area contributed by atoms with E-state index >= 15 is 0 Å². The highest BCUT2D eigenvalue weighted by Gasteiger charge is 2.18. The predicted octanol–water partition coefficient (Wildman–Crippen LogP) is 7.02. The van der Waals surface area contributed by atoms with Crippen molar-refractivity contribution in [3.05, 3.63) is 102 Å². The van der Waals surface area contributed by atoms with Crippen LogP contribution in [0.4, 0.5) is 10.1 Å². The predicted molar refractivity (Wildman–Crippen MR) is 139 cm³/mol. The average Bonchev–Trinajstić information content (AvgIpc) is 2.87. The van der Waals surface area contributed by atoms with Gasteiger partial charge in [-0.3, -0.25) is 4.79 Å². The van der Waals surface area contributed by atoms with Crippen molar-refractivity contribution >= 4 is 35.1 Å². The third kappa shape index (κ3) is 6.83. The lowest BCUT2D eigenvalue weighted by Crippen LogP contribution is -2.16. The summed E-state index contributed by atoms with van der Waals surface area (Å²) in [7, 11) is 0. The number of carbonyl (C=O) groups excluding carboxylic acids is 1. The maximum absolute atomic E-state index is 14.0. The fourth-order valence-corrected chi connectivity index (χ4v) is 4.81. The zero-order valence-electron chi connectivity index (χ0n) is 19.3. The van der Waals surface area contributed by atoms with Gasteiger partial charge in [-0.25, -0.2) is 14.4 Å². The molecule has 0 spiro atoms. The molecule has 1 amide bonds. The fraction of sp³-hybridized carbons (Fsp3) is 0.148. The minimum Gasteiger partial charge on any atom is -0.494 e. The summed E-state index contributed by atoms with van der Waals surface area (Å²) in [5, 5.41) is 3.31. The topological polar surface area (TPSA) is 64.1 Å². The first kappa shape index (κ1) is 24.8. The van der Waals surface area contributed by atoms with Gasteiger partial charge in [-0.15, -0.1) is 0 Å². The molecule has 178 valence electrons. The Hall–Kier alpha value is -3.36. The first-order chi connectivity index (χ1) is 17.0. The van der Waals surface area contributed by atoms with Crippen LogP contribution >= 0.6 is 23.5 Å². The summed E-state index contributed by atoms with van der Waals surface area (Å²) >= 11 is 2.70. The third-order valence-corrected chi connectivity index (χ3v) is 6.87. The van der Waals surface area contributed by atoms with E-state index in [1.165, 1.54) is 29.6 Å². The lowest BCUT2D eigenvalue weighted by Gasteiger charge is -2.11. The van der Waals surface area contributed by atoms with E-state index in [2.05, 4.69) is 15.3 Å². The van der Waals surface area contributed by atoms with Crippen LogP contribution in [0.3, 0.4) is 0 Å². The lowest BCUT2D eigenvalue weighted by molar-refractivity contribution is 0.101. The van der Waals surface area contributed by atoms with Gasteiger partial charge in [0.1, 0.15) is 17.3 Å². The van der Waals surface area contributed by atoms with Crippen molar-refractivity contribution in [2.24, 2.45) is 0 Å². The summed E-state index contributed by atoms with van der Waals surface area (Å²) in [5.74, 6) is 0.464. The molecule has 35 heavy (non-hydrogen) atoms. The normalized spacial score (nSPS) is 10.7. The molecule has 0 saturated carbocycles. The van der Waals surface area contributed by atoms with E-state index in [0.29, 0.717) is 33.7 Å². The van der Waals surface area contributed by atoms with E-state index in [-0.39, 0.29) is 17.4 Å². The zero-order chi connectivity index (χ0) is 24.6. The molecule has 4 aromatic rings. The Balaban J connectivity index is 1.58. The van der Waals surface area contributed by atoms with Crippen LogP contribution in [0.5, 0.6) is 5.75 Å². The molecular weight excluding hydrogens is 481 g/mol. The number of benzene rings is 3. The minimum atomic E-state index is -0.348. The van der Waals surface area contributed by atoms with Crippen molar-refractivity contribution in [3.63, 3.8) is 0 Å². The molecule has 8 heteroatoms. The Morgan fingerprint density at radius 2 is 1.77 bits per heavy atom. The second-order valence-electron chi connectivity index (χ2n) is 7.57. The quantitative estimate of drug-likeness (QED) is 0.195. The zero-order valence-corrected chi connectivity index (χ0v) is 21.0. The largest absolute Gasteiger partial charge is 0.494 e. The number of hydrogen-bond donors (Lipinski definition) is 1. The SMILES string of the molecule is CCOc1ccc(NC(=O)c2nc(SCc3ccccc3F)ncc2Sc2ccc(C)cc2)cc1. The molecule has 0 aliphatic carbocycles. The minimum absolute atomic E-state index is 0.260. The molecule has 0 saturated heterocycles. The van der Waals surface area contributed by atoms with Gasteiger partial charge < -0.3 is 10.1 Å². The number of aryl methyl sites for hydroxylation is 1. The highest BCUT2D eigenvalue weighted by molar-refractivity contribution is 7.99. The molecule has 1 heterocycles. The third-order valence-electron chi connectivity index (χ3n) is 4.93. The molecule has 0 aliphatic rings. The maximum Gasteiger partial charge on any atom is 0.275 e. The number of nitrogens with zero attached hydrogens (tertiary/aromatic N) is 2. The smallest absolute Gasteiger partial charge is 0.275 e. The number of amides is 1. The highest BCUT2D eigenvalue weighted by Crippen LogP contribution is 2.32. The van der Waals surface area contributed by atoms with Crippen molar-refractivity contribution in [3.8, 4) is 5.75 Å². The molecule has 0 bridgehead atoms. The second-order valence-corrected chi connectivity index (χ2v) is 9.63. The number of thioether (sulfide) groups is 1. The lowest BCUT2D eigenvalue weighted by atomic mass is 10.2. The van der Waals surface area contributed by atoms with E-state index in [1.807, 2.05) is 38.1 Å². The molecular formula is C27H24FN3O2S2. The summed E-state index contributed by atoms with van der Waals surface area (Å²) < 4.78 is 19.5. The number of hydrogen-bond acceptors (Lipinski definition) is 6. The van der Waals surface area contributed by atoms with Gasteiger partial charge >= 0.3 is 0 Å². The molecule has 4 rings (SSSR count). The molecule has 3 aromatic carbocycles. The van der Waals surface area contributed by atoms with Gasteiger partial charge in [-0.05, 0) is 61.9 Å². The number of rotatable bonds is 9. The number of ether oxygens (including phenoxy) is 1. The second kappa shape index (κ2) is 11.9. The van der Waals surface area contributed by atoms with Gasteiger partial charge in [0.05, 0.1) is 11.5 Å². The summed E-state index contributed by atoms with van der Waals surface area (Å²) in [6, 6.07) is 21.8. The number of anilines is 1. The summed E-state index contributed by atoms with van der Waals surface area (Å²) in [5.41, 5.74) is 2.60. The van der Waals surface area contributed by atoms with Gasteiger partial charge in [0.25, 0.3) is 5.91 Å². The van der Waals surface area contributed by atoms with Crippen LogP contribution in [0.1, 0.15) is 28.5 Å². The molecule has 0 fully saturated rings. The van der Waals surface area contributed by atoms with Gasteiger partial charge in [0.2, 0.25) is 0 Å². The molecule has 1 N–H and O–H groups in total. The van der Waals surface area contributed by atoms with Crippen LogP contribution in [-0.4, -0.2) is 22.5 Å². The highest BCUT2D eigenvalue weighted by atomic mass is 32.2. The Kier molecular flexibility index (Phi) is 8.39. The van der Waals surface area contributed by atoms with Crippen molar-refractivity contribution < 1.29 is 13.9 Å². The van der Waals surface area contributed by atoms with E-state index < -0.39 is 0 Å². The van der Waals surface area contributed by atoms with Gasteiger partial charge in [0.15, 0.2) is 5.16 Å². The Morgan fingerprint density at radius 1 is 1.03 bits per heavy atom. The monoisotopic (exact) mass is 505 g/mol. The van der Waals surface area contributed by atoms with Crippen LogP contribution in [0.25, 0.3) is 0 Å². The first-order valence-corrected chi connectivity index (χ1v) is 12.8. The van der Waals surface area contributed by atoms with Crippen molar-refractivity contribution in [2.75, 3.05) is 11.9 Å². The summed E-state index contributed by atoms with van der Waals surface area (Å²) in [4.78, 5) is 23.8. The molecule has 0 unspecified atom stereocenters. The number of aromatic nitrogens is 2. The Bertz CT molecular complexity index is 1300. The first-order valence-electron chi connectivity index (χ1n) is 11.0. The van der Waals surface area contributed by atoms with E-state index in [0.717, 1.165) is 16.2 Å². The number of halogens is 1. The summed E-state index contributed by atoms with van der Waals surface area (Å²) in [6.45, 7) is 4.51. The summed E-state index contributed by atoms with van der Waals surface area (Å²) in [6.07, 6.45) is 1.65. The Morgan fingerprint density at radius 3 is 2.49 bits per heavy atom. The average molecular weight is 506 g/mol. The standard InChI is InChI=1S/C27H24FN3O2S2/c1-3-33-21-12-10-20(11-13-21)30-26(32)25-24(35-22-14-8-18(2)9-15-22)16-29-27(31-25)34-17-19-6-4-5-7-23(19)28/h4-16H,3,17H2,1-2H3,(H,30,32). The van der Waals surface area contributed by atoms with Gasteiger partial charge in [0, 0.05) is 22.5 Å². The number of nitrogens with one attached hydrogen (secondary N) is 1. The van der Waals surface area contributed by atoms with Gasteiger partial charge in [-0.1, -0.05) is 59.4 Å². The molecule has 0 radical (unpaired) electrons. The van der Waals surface area contributed by atoms with Crippen LogP contribution < -0.4 is 10.1 Å². The van der Waals surface area contributed by atoms with Crippen molar-refractivity contribution in [1.29, 1.82) is 0 Å².